The van der Waals surface area contributed by atoms with Crippen LogP contribution in [0.2, 0.25) is 6.04 Å². The Morgan fingerprint density at radius 3 is 2.77 bits per heavy atom. The molecule has 1 aliphatic rings. The monoisotopic (exact) mass is 194 g/mol. The predicted molar refractivity (Wildman–Crippen MR) is 54.9 cm³/mol. The molecule has 0 spiro atoms. The van der Waals surface area contributed by atoms with Gasteiger partial charge in [-0.05, 0) is 18.5 Å². The van der Waals surface area contributed by atoms with Gasteiger partial charge in [0.25, 0.3) is 0 Å². The highest BCUT2D eigenvalue weighted by Crippen LogP contribution is 2.14. The van der Waals surface area contributed by atoms with Crippen molar-refractivity contribution in [3.63, 3.8) is 0 Å². The summed E-state index contributed by atoms with van der Waals surface area (Å²) in [6, 6.07) is 8.74. The third kappa shape index (κ3) is 1.92. The van der Waals surface area contributed by atoms with Crippen molar-refractivity contribution in [2.75, 3.05) is 6.61 Å². The van der Waals surface area contributed by atoms with E-state index in [1.165, 1.54) is 12.8 Å². The molecule has 1 N–H and O–H groups in total. The van der Waals surface area contributed by atoms with E-state index in [-0.39, 0.29) is 0 Å². The quantitative estimate of drug-likeness (QED) is 0.679. The van der Waals surface area contributed by atoms with Gasteiger partial charge in [0.2, 0.25) is 9.04 Å². The molecule has 1 atom stereocenters. The van der Waals surface area contributed by atoms with E-state index in [9.17, 15) is 5.11 Å². The second-order valence-corrected chi connectivity index (χ2v) is 5.92. The van der Waals surface area contributed by atoms with Gasteiger partial charge in [0, 0.05) is 11.8 Å². The molecular weight excluding hydrogens is 180 g/mol. The van der Waals surface area contributed by atoms with Gasteiger partial charge in [-0.15, -0.1) is 0 Å². The lowest BCUT2D eigenvalue weighted by molar-refractivity contribution is 0.294. The molecule has 2 rings (SSSR count). The molecule has 1 fully saturated rings. The molecule has 0 aliphatic carbocycles. The number of benzene rings is 1. The Morgan fingerprint density at radius 2 is 2.08 bits per heavy atom. The molecule has 1 unspecified atom stereocenters. The fraction of sp³-hybridized carbons (Fsp3) is 0.400. The van der Waals surface area contributed by atoms with Crippen LogP contribution in [0.5, 0.6) is 5.75 Å². The fourth-order valence-corrected chi connectivity index (χ4v) is 4.27. The van der Waals surface area contributed by atoms with Crippen LogP contribution in [0.15, 0.2) is 24.3 Å². The van der Waals surface area contributed by atoms with Crippen molar-refractivity contribution in [3.05, 3.63) is 24.3 Å². The van der Waals surface area contributed by atoms with Crippen molar-refractivity contribution in [2.45, 2.75) is 18.9 Å². The molecule has 1 aromatic rings. The maximum absolute atomic E-state index is 9.62. The Kier molecular flexibility index (Phi) is 2.66. The van der Waals surface area contributed by atoms with Crippen LogP contribution in [-0.4, -0.2) is 20.8 Å². The van der Waals surface area contributed by atoms with Gasteiger partial charge in [-0.25, -0.2) is 0 Å². The van der Waals surface area contributed by atoms with Gasteiger partial charge >= 0.3 is 0 Å². The van der Waals surface area contributed by atoms with Crippen LogP contribution in [-0.2, 0) is 4.43 Å². The number of hydrogen-bond acceptors (Lipinski definition) is 2. The molecule has 13 heavy (non-hydrogen) atoms. The zero-order valence-corrected chi connectivity index (χ0v) is 8.73. The first kappa shape index (κ1) is 8.78. The lowest BCUT2D eigenvalue weighted by atomic mass is 10.3. The van der Waals surface area contributed by atoms with Gasteiger partial charge in [0.15, 0.2) is 0 Å². The zero-order chi connectivity index (χ0) is 9.10. The number of hydrogen-bond donors (Lipinski definition) is 1. The highest BCUT2D eigenvalue weighted by molar-refractivity contribution is 6.68. The van der Waals surface area contributed by atoms with Crippen LogP contribution < -0.4 is 5.19 Å². The summed E-state index contributed by atoms with van der Waals surface area (Å²) in [7, 11) is -1.27. The molecule has 1 aliphatic heterocycles. The van der Waals surface area contributed by atoms with E-state index in [0.717, 1.165) is 17.8 Å². The van der Waals surface area contributed by atoms with Gasteiger partial charge in [-0.2, -0.15) is 0 Å². The average Bonchev–Trinajstić information content (AvgIpc) is 2.20. The average molecular weight is 194 g/mol. The van der Waals surface area contributed by atoms with E-state index < -0.39 is 9.04 Å². The van der Waals surface area contributed by atoms with Crippen molar-refractivity contribution in [3.8, 4) is 5.75 Å². The molecule has 1 saturated heterocycles. The van der Waals surface area contributed by atoms with Crippen molar-refractivity contribution in [2.24, 2.45) is 0 Å². The number of para-hydroxylation sites is 1. The van der Waals surface area contributed by atoms with Crippen LogP contribution >= 0.6 is 0 Å². The summed E-state index contributed by atoms with van der Waals surface area (Å²) in [5.41, 5.74) is 0. The maximum Gasteiger partial charge on any atom is 0.211 e. The highest BCUT2D eigenvalue weighted by atomic mass is 28.3. The van der Waals surface area contributed by atoms with Crippen LogP contribution in [0, 0.1) is 0 Å². The summed E-state index contributed by atoms with van der Waals surface area (Å²) in [4.78, 5) is 0. The first-order valence-electron chi connectivity index (χ1n) is 4.77. The second-order valence-electron chi connectivity index (χ2n) is 3.41. The van der Waals surface area contributed by atoms with E-state index in [2.05, 4.69) is 0 Å². The Labute approximate surface area is 79.9 Å². The fourth-order valence-electron chi connectivity index (χ4n) is 1.75. The molecule has 1 aromatic carbocycles. The Hall–Kier alpha value is -0.803. The summed E-state index contributed by atoms with van der Waals surface area (Å²) >= 11 is 0. The van der Waals surface area contributed by atoms with E-state index in [4.69, 9.17) is 4.43 Å². The minimum absolute atomic E-state index is 0.418. The highest BCUT2D eigenvalue weighted by Gasteiger charge is 2.20. The molecule has 3 heteroatoms. The van der Waals surface area contributed by atoms with E-state index in [1.54, 1.807) is 6.07 Å². The molecule has 0 aromatic heterocycles. The van der Waals surface area contributed by atoms with Gasteiger partial charge < -0.3 is 9.53 Å². The molecule has 0 radical (unpaired) electrons. The normalized spacial score (nSPS) is 22.9. The number of aromatic hydroxyl groups is 1. The van der Waals surface area contributed by atoms with Crippen molar-refractivity contribution >= 4 is 14.2 Å². The Morgan fingerprint density at radius 1 is 1.23 bits per heavy atom. The molecule has 0 bridgehead atoms. The molecule has 2 nitrogen and oxygen atoms in total. The minimum Gasteiger partial charge on any atom is -0.508 e. The largest absolute Gasteiger partial charge is 0.508 e. The summed E-state index contributed by atoms with van der Waals surface area (Å²) in [6.07, 6.45) is 2.43. The molecule has 0 amide bonds. The molecule has 70 valence electrons. The van der Waals surface area contributed by atoms with Crippen LogP contribution in [0.3, 0.4) is 0 Å². The van der Waals surface area contributed by atoms with Gasteiger partial charge in [-0.3, -0.25) is 0 Å². The van der Waals surface area contributed by atoms with Crippen molar-refractivity contribution in [1.82, 2.24) is 0 Å². The predicted octanol–water partition coefficient (Wildman–Crippen LogP) is 1.13. The second kappa shape index (κ2) is 3.94. The SMILES string of the molecule is Oc1ccccc1[SiH]1CCCCO1. The first-order valence-corrected chi connectivity index (χ1v) is 6.64. The van der Waals surface area contributed by atoms with Crippen molar-refractivity contribution < 1.29 is 9.53 Å². The molecular formula is C10H14O2Si. The van der Waals surface area contributed by atoms with Gasteiger partial charge in [-0.1, -0.05) is 24.6 Å². The minimum atomic E-state index is -1.27. The number of phenolic OH excluding ortho intramolecular Hbond substituents is 1. The smallest absolute Gasteiger partial charge is 0.211 e. The van der Waals surface area contributed by atoms with Gasteiger partial charge in [0.1, 0.15) is 5.75 Å². The number of phenols is 1. The lowest BCUT2D eigenvalue weighted by Crippen LogP contribution is -2.36. The standard InChI is InChI=1S/C10H14O2Si/c11-9-5-1-2-6-10(9)13-8-4-3-7-12-13/h1-2,5-6,11,13H,3-4,7-8H2. The van der Waals surface area contributed by atoms with Crippen LogP contribution in [0.4, 0.5) is 0 Å². The van der Waals surface area contributed by atoms with Crippen LogP contribution in [0.25, 0.3) is 0 Å². The van der Waals surface area contributed by atoms with E-state index >= 15 is 0 Å². The Bertz CT molecular complexity index is 282. The number of rotatable bonds is 1. The van der Waals surface area contributed by atoms with Crippen molar-refractivity contribution in [1.29, 1.82) is 0 Å². The Balaban J connectivity index is 2.18. The maximum atomic E-state index is 9.62. The molecule has 0 saturated carbocycles. The summed E-state index contributed by atoms with van der Waals surface area (Å²) in [6.45, 7) is 0.880. The first-order chi connectivity index (χ1) is 6.38. The molecule has 1 heterocycles. The van der Waals surface area contributed by atoms with Crippen LogP contribution in [0.1, 0.15) is 12.8 Å². The van der Waals surface area contributed by atoms with Gasteiger partial charge in [0.05, 0.1) is 0 Å². The summed E-state index contributed by atoms with van der Waals surface area (Å²) in [5, 5.41) is 10.7. The summed E-state index contributed by atoms with van der Waals surface area (Å²) in [5.74, 6) is 0.418. The van der Waals surface area contributed by atoms with E-state index in [1.807, 2.05) is 18.2 Å². The van der Waals surface area contributed by atoms with E-state index in [0.29, 0.717) is 5.75 Å². The topological polar surface area (TPSA) is 29.5 Å². The lowest BCUT2D eigenvalue weighted by Gasteiger charge is -2.21. The third-order valence-corrected chi connectivity index (χ3v) is 5.22. The third-order valence-electron chi connectivity index (χ3n) is 2.46. The zero-order valence-electron chi connectivity index (χ0n) is 7.57. The summed E-state index contributed by atoms with van der Waals surface area (Å²) < 4.78 is 5.72.